The predicted molar refractivity (Wildman–Crippen MR) is 87.5 cm³/mol. The summed E-state index contributed by atoms with van der Waals surface area (Å²) in [6.07, 6.45) is 1.19. The van der Waals surface area contributed by atoms with Crippen molar-refractivity contribution in [3.8, 4) is 11.4 Å². The molecule has 3 rings (SSSR count). The summed E-state index contributed by atoms with van der Waals surface area (Å²) in [7, 11) is -2.59. The molecule has 0 radical (unpaired) electrons. The van der Waals surface area contributed by atoms with Crippen LogP contribution in [0.3, 0.4) is 0 Å². The molecule has 130 valence electrons. The molecular formula is C15H11F2N3O3S2. The van der Waals surface area contributed by atoms with Crippen LogP contribution in [0.1, 0.15) is 10.5 Å². The van der Waals surface area contributed by atoms with Crippen LogP contribution in [0.15, 0.2) is 46.1 Å². The number of carbonyl (C=O) groups excluding carboxylic acids is 1. The van der Waals surface area contributed by atoms with Crippen molar-refractivity contribution in [3.63, 3.8) is 0 Å². The zero-order valence-corrected chi connectivity index (χ0v) is 14.4. The van der Waals surface area contributed by atoms with Crippen molar-refractivity contribution in [1.29, 1.82) is 0 Å². The number of sulfonamides is 1. The lowest BCUT2D eigenvalue weighted by Gasteiger charge is -2.04. The number of halogens is 2. The molecule has 0 aliphatic rings. The van der Waals surface area contributed by atoms with Gasteiger partial charge in [0, 0.05) is 18.6 Å². The monoisotopic (exact) mass is 383 g/mol. The van der Waals surface area contributed by atoms with Crippen molar-refractivity contribution in [2.75, 3.05) is 0 Å². The molecule has 0 atom stereocenters. The summed E-state index contributed by atoms with van der Waals surface area (Å²) in [5.41, 5.74) is -0.677. The first-order chi connectivity index (χ1) is 11.8. The van der Waals surface area contributed by atoms with Gasteiger partial charge in [0.15, 0.2) is 0 Å². The summed E-state index contributed by atoms with van der Waals surface area (Å²) >= 11 is 1.16. The second-order valence-corrected chi connectivity index (χ2v) is 7.51. The van der Waals surface area contributed by atoms with Gasteiger partial charge in [0.05, 0.1) is 10.5 Å². The lowest BCUT2D eigenvalue weighted by atomic mass is 10.2. The highest BCUT2D eigenvalue weighted by Gasteiger charge is 2.23. The summed E-state index contributed by atoms with van der Waals surface area (Å²) in [6.45, 7) is 0. The molecule has 0 saturated carbocycles. The molecule has 0 aliphatic heterocycles. The summed E-state index contributed by atoms with van der Waals surface area (Å²) in [6, 6.07) is 4.68. The first-order valence-corrected chi connectivity index (χ1v) is 9.29. The molecule has 25 heavy (non-hydrogen) atoms. The number of amides is 1. The number of hydrogen-bond donors (Lipinski definition) is 1. The number of hydrogen-bond acceptors (Lipinski definition) is 5. The van der Waals surface area contributed by atoms with E-state index in [0.29, 0.717) is 0 Å². The zero-order valence-electron chi connectivity index (χ0n) is 12.7. The summed E-state index contributed by atoms with van der Waals surface area (Å²) in [4.78, 5) is 16.0. The molecule has 1 aromatic carbocycles. The Morgan fingerprint density at radius 1 is 1.24 bits per heavy atom. The molecule has 1 amide bonds. The molecule has 2 heterocycles. The van der Waals surface area contributed by atoms with Gasteiger partial charge < -0.3 is 4.57 Å². The van der Waals surface area contributed by atoms with E-state index in [-0.39, 0.29) is 16.4 Å². The quantitative estimate of drug-likeness (QED) is 0.751. The minimum atomic E-state index is -4.04. The lowest BCUT2D eigenvalue weighted by Crippen LogP contribution is -2.30. The van der Waals surface area contributed by atoms with Gasteiger partial charge in [0.2, 0.25) is 0 Å². The Bertz CT molecular complexity index is 1020. The molecule has 0 saturated heterocycles. The molecule has 0 spiro atoms. The minimum absolute atomic E-state index is 0.0536. The van der Waals surface area contributed by atoms with Crippen molar-refractivity contribution in [3.05, 3.63) is 58.6 Å². The topological polar surface area (TPSA) is 81.1 Å². The van der Waals surface area contributed by atoms with Gasteiger partial charge in [-0.1, -0.05) is 6.07 Å². The molecule has 10 heteroatoms. The second-order valence-electron chi connectivity index (χ2n) is 5.05. The van der Waals surface area contributed by atoms with E-state index in [1.165, 1.54) is 35.3 Å². The van der Waals surface area contributed by atoms with E-state index in [0.717, 1.165) is 23.5 Å². The highest BCUT2D eigenvalue weighted by molar-refractivity contribution is 7.90. The lowest BCUT2D eigenvalue weighted by molar-refractivity contribution is 0.0977. The molecule has 6 nitrogen and oxygen atoms in total. The van der Waals surface area contributed by atoms with Crippen LogP contribution in [0.5, 0.6) is 0 Å². The highest BCUT2D eigenvalue weighted by atomic mass is 32.2. The SMILES string of the molecule is Cn1cc(C(=O)NS(=O)(=O)c2ccsc2)nc1-c1c(F)cccc1F. The first-order valence-electron chi connectivity index (χ1n) is 6.86. The largest absolute Gasteiger partial charge is 0.333 e. The van der Waals surface area contributed by atoms with Gasteiger partial charge in [-0.3, -0.25) is 4.79 Å². The van der Waals surface area contributed by atoms with Gasteiger partial charge in [0.25, 0.3) is 15.9 Å². The third-order valence-corrected chi connectivity index (χ3v) is 5.49. The third-order valence-electron chi connectivity index (χ3n) is 3.33. The standard InChI is InChI=1S/C15H11F2N3O3S2/c1-20-7-12(15(21)19-25(22,23)9-5-6-24-8-9)18-14(20)13-10(16)3-2-4-11(13)17/h2-8H,1H3,(H,19,21). The average molecular weight is 383 g/mol. The van der Waals surface area contributed by atoms with Gasteiger partial charge in [-0.2, -0.15) is 11.3 Å². The Balaban J connectivity index is 1.94. The molecule has 0 aliphatic carbocycles. The van der Waals surface area contributed by atoms with Gasteiger partial charge in [0.1, 0.15) is 23.2 Å². The molecule has 0 fully saturated rings. The number of thiophene rings is 1. The number of carbonyl (C=O) groups is 1. The van der Waals surface area contributed by atoms with Crippen LogP contribution >= 0.6 is 11.3 Å². The van der Waals surface area contributed by atoms with E-state index in [1.54, 1.807) is 5.38 Å². The highest BCUT2D eigenvalue weighted by Crippen LogP contribution is 2.25. The van der Waals surface area contributed by atoms with Crippen molar-refractivity contribution < 1.29 is 22.0 Å². The molecule has 3 aromatic rings. The van der Waals surface area contributed by atoms with Gasteiger partial charge in [-0.05, 0) is 23.6 Å². The summed E-state index contributed by atoms with van der Waals surface area (Å²) in [5, 5.41) is 2.92. The third kappa shape index (κ3) is 3.30. The number of benzene rings is 1. The first kappa shape index (κ1) is 17.2. The Labute approximate surface area is 145 Å². The van der Waals surface area contributed by atoms with Crippen molar-refractivity contribution in [2.24, 2.45) is 7.05 Å². The maximum absolute atomic E-state index is 13.9. The van der Waals surface area contributed by atoms with Gasteiger partial charge in [-0.25, -0.2) is 26.9 Å². The number of nitrogens with one attached hydrogen (secondary N) is 1. The van der Waals surface area contributed by atoms with Crippen LogP contribution in [0.25, 0.3) is 11.4 Å². The van der Waals surface area contributed by atoms with E-state index < -0.39 is 33.1 Å². The van der Waals surface area contributed by atoms with E-state index in [9.17, 15) is 22.0 Å². The van der Waals surface area contributed by atoms with E-state index in [1.807, 2.05) is 4.72 Å². The second kappa shape index (κ2) is 6.37. The van der Waals surface area contributed by atoms with Gasteiger partial charge in [-0.15, -0.1) is 0 Å². The predicted octanol–water partition coefficient (Wildman–Crippen LogP) is 2.55. The molecule has 0 unspecified atom stereocenters. The minimum Gasteiger partial charge on any atom is -0.333 e. The number of nitrogens with zero attached hydrogens (tertiary/aromatic N) is 2. The normalized spacial score (nSPS) is 11.5. The number of imidazole rings is 1. The Kier molecular flexibility index (Phi) is 4.39. The van der Waals surface area contributed by atoms with Crippen molar-refractivity contribution in [1.82, 2.24) is 14.3 Å². The fourth-order valence-electron chi connectivity index (χ4n) is 2.16. The van der Waals surface area contributed by atoms with Gasteiger partial charge >= 0.3 is 0 Å². The Morgan fingerprint density at radius 3 is 2.52 bits per heavy atom. The van der Waals surface area contributed by atoms with Crippen LogP contribution in [-0.2, 0) is 17.1 Å². The number of aromatic nitrogens is 2. The van der Waals surface area contributed by atoms with E-state index >= 15 is 0 Å². The number of rotatable bonds is 4. The number of aryl methyl sites for hydroxylation is 1. The van der Waals surface area contributed by atoms with Crippen molar-refractivity contribution in [2.45, 2.75) is 4.90 Å². The molecule has 0 bridgehead atoms. The fourth-order valence-corrected chi connectivity index (χ4v) is 4.15. The van der Waals surface area contributed by atoms with Crippen LogP contribution in [-0.4, -0.2) is 23.9 Å². The van der Waals surface area contributed by atoms with Crippen LogP contribution in [0, 0.1) is 11.6 Å². The zero-order chi connectivity index (χ0) is 18.2. The van der Waals surface area contributed by atoms with Crippen LogP contribution in [0.4, 0.5) is 8.78 Å². The Morgan fingerprint density at radius 2 is 1.92 bits per heavy atom. The molecule has 2 aromatic heterocycles. The fraction of sp³-hybridized carbons (Fsp3) is 0.0667. The summed E-state index contributed by atoms with van der Waals surface area (Å²) in [5.74, 6) is -2.81. The van der Waals surface area contributed by atoms with Crippen LogP contribution in [0.2, 0.25) is 0 Å². The maximum Gasteiger partial charge on any atom is 0.285 e. The van der Waals surface area contributed by atoms with E-state index in [2.05, 4.69) is 4.98 Å². The molecular weight excluding hydrogens is 372 g/mol. The summed E-state index contributed by atoms with van der Waals surface area (Å²) < 4.78 is 55.0. The van der Waals surface area contributed by atoms with Crippen LogP contribution < -0.4 is 4.72 Å². The van der Waals surface area contributed by atoms with E-state index in [4.69, 9.17) is 0 Å². The Hall–Kier alpha value is -2.59. The molecule has 1 N–H and O–H groups in total. The smallest absolute Gasteiger partial charge is 0.285 e. The maximum atomic E-state index is 13.9. The average Bonchev–Trinajstić information content (AvgIpc) is 3.17. The van der Waals surface area contributed by atoms with Crippen molar-refractivity contribution >= 4 is 27.3 Å².